The maximum absolute atomic E-state index is 12.4. The van der Waals surface area contributed by atoms with Gasteiger partial charge < -0.3 is 5.32 Å². The number of aryl methyl sites for hydroxylation is 1. The van der Waals surface area contributed by atoms with Crippen LogP contribution in [0.15, 0.2) is 47.6 Å². The fourth-order valence-corrected chi connectivity index (χ4v) is 3.08. The summed E-state index contributed by atoms with van der Waals surface area (Å²) in [5.41, 5.74) is 1.93. The molecule has 0 bridgehead atoms. The largest absolute Gasteiger partial charge is 0.384 e. The van der Waals surface area contributed by atoms with Crippen LogP contribution in [0.5, 0.6) is 0 Å². The first kappa shape index (κ1) is 14.3. The Morgan fingerprint density at radius 2 is 1.95 bits per heavy atom. The summed E-state index contributed by atoms with van der Waals surface area (Å²) < 4.78 is 27.4. The third-order valence-electron chi connectivity index (χ3n) is 2.67. The molecule has 0 spiro atoms. The van der Waals surface area contributed by atoms with E-state index in [1.807, 2.05) is 13.8 Å². The first-order chi connectivity index (χ1) is 9.53. The van der Waals surface area contributed by atoms with Crippen LogP contribution in [0.4, 0.5) is 11.4 Å². The molecule has 0 atom stereocenters. The summed E-state index contributed by atoms with van der Waals surface area (Å²) in [5, 5.41) is 3.04. The highest BCUT2D eigenvalue weighted by atomic mass is 32.2. The predicted octanol–water partition coefficient (Wildman–Crippen LogP) is 2.62. The number of rotatable bonds is 5. The molecule has 0 radical (unpaired) electrons. The van der Waals surface area contributed by atoms with E-state index in [9.17, 15) is 8.42 Å². The van der Waals surface area contributed by atoms with E-state index in [2.05, 4.69) is 15.0 Å². The summed E-state index contributed by atoms with van der Waals surface area (Å²) in [6, 6.07) is 8.55. The van der Waals surface area contributed by atoms with Gasteiger partial charge >= 0.3 is 0 Å². The molecule has 1 aromatic heterocycles. The van der Waals surface area contributed by atoms with Crippen molar-refractivity contribution in [3.05, 3.63) is 48.3 Å². The minimum Gasteiger partial charge on any atom is -0.384 e. The van der Waals surface area contributed by atoms with Crippen molar-refractivity contribution in [1.29, 1.82) is 0 Å². The molecule has 1 heterocycles. The van der Waals surface area contributed by atoms with Crippen LogP contribution in [0.3, 0.4) is 0 Å². The Morgan fingerprint density at radius 1 is 1.20 bits per heavy atom. The number of para-hydroxylation sites is 1. The van der Waals surface area contributed by atoms with Gasteiger partial charge in [0.05, 0.1) is 17.6 Å². The second-order valence-electron chi connectivity index (χ2n) is 4.38. The normalized spacial score (nSPS) is 11.1. The van der Waals surface area contributed by atoms with E-state index in [-0.39, 0.29) is 4.90 Å². The molecule has 2 aromatic rings. The fourth-order valence-electron chi connectivity index (χ4n) is 1.86. The van der Waals surface area contributed by atoms with E-state index in [1.165, 1.54) is 6.20 Å². The highest BCUT2D eigenvalue weighted by Gasteiger charge is 2.18. The summed E-state index contributed by atoms with van der Waals surface area (Å²) in [6.45, 7) is 4.43. The number of hydrogen-bond acceptors (Lipinski definition) is 4. The first-order valence-electron chi connectivity index (χ1n) is 6.30. The molecule has 2 rings (SSSR count). The maximum Gasteiger partial charge on any atom is 0.264 e. The zero-order valence-electron chi connectivity index (χ0n) is 11.4. The summed E-state index contributed by atoms with van der Waals surface area (Å²) in [4.78, 5) is 4.20. The topological polar surface area (TPSA) is 71.1 Å². The minimum atomic E-state index is -3.64. The van der Waals surface area contributed by atoms with Gasteiger partial charge in [-0.2, -0.15) is 0 Å². The van der Waals surface area contributed by atoms with Crippen LogP contribution in [0.2, 0.25) is 0 Å². The molecule has 6 heteroatoms. The fraction of sp³-hybridized carbons (Fsp3) is 0.214. The number of nitrogens with one attached hydrogen (secondary N) is 2. The molecule has 1 aromatic carbocycles. The van der Waals surface area contributed by atoms with Crippen molar-refractivity contribution in [2.24, 2.45) is 0 Å². The quantitative estimate of drug-likeness (QED) is 0.888. The SMILES string of the molecule is CCNc1ccccc1S(=O)(=O)Nc1cncc(C)c1. The first-order valence-corrected chi connectivity index (χ1v) is 7.78. The predicted molar refractivity (Wildman–Crippen MR) is 80.4 cm³/mol. The lowest BCUT2D eigenvalue weighted by molar-refractivity contribution is 0.601. The van der Waals surface area contributed by atoms with Crippen LogP contribution in [0.25, 0.3) is 0 Å². The Morgan fingerprint density at radius 3 is 2.65 bits per heavy atom. The van der Waals surface area contributed by atoms with Crippen molar-refractivity contribution in [2.75, 3.05) is 16.6 Å². The zero-order chi connectivity index (χ0) is 14.6. The second kappa shape index (κ2) is 5.92. The Labute approximate surface area is 119 Å². The van der Waals surface area contributed by atoms with Gasteiger partial charge in [-0.3, -0.25) is 9.71 Å². The third kappa shape index (κ3) is 3.27. The van der Waals surface area contributed by atoms with Crippen LogP contribution < -0.4 is 10.0 Å². The molecule has 2 N–H and O–H groups in total. The van der Waals surface area contributed by atoms with E-state index < -0.39 is 10.0 Å². The van der Waals surface area contributed by atoms with Crippen molar-refractivity contribution in [2.45, 2.75) is 18.7 Å². The van der Waals surface area contributed by atoms with Crippen LogP contribution >= 0.6 is 0 Å². The standard InChI is InChI=1S/C14H17N3O2S/c1-3-16-13-6-4-5-7-14(13)20(18,19)17-12-8-11(2)9-15-10-12/h4-10,16-17H,3H2,1-2H3. The van der Waals surface area contributed by atoms with Crippen molar-refractivity contribution in [3.63, 3.8) is 0 Å². The van der Waals surface area contributed by atoms with Crippen molar-refractivity contribution < 1.29 is 8.42 Å². The number of sulfonamides is 1. The lowest BCUT2D eigenvalue weighted by atomic mass is 10.3. The van der Waals surface area contributed by atoms with E-state index in [0.29, 0.717) is 17.9 Å². The van der Waals surface area contributed by atoms with Crippen LogP contribution in [0.1, 0.15) is 12.5 Å². The monoisotopic (exact) mass is 291 g/mol. The Balaban J connectivity index is 2.36. The number of pyridine rings is 1. The van der Waals surface area contributed by atoms with Crippen molar-refractivity contribution in [3.8, 4) is 0 Å². The third-order valence-corrected chi connectivity index (χ3v) is 4.11. The van der Waals surface area contributed by atoms with E-state index >= 15 is 0 Å². The van der Waals surface area contributed by atoms with Gasteiger partial charge in [0.15, 0.2) is 0 Å². The molecular formula is C14H17N3O2S. The van der Waals surface area contributed by atoms with Crippen molar-refractivity contribution >= 4 is 21.4 Å². The average molecular weight is 291 g/mol. The Kier molecular flexibility index (Phi) is 4.24. The lowest BCUT2D eigenvalue weighted by Gasteiger charge is -2.13. The summed E-state index contributed by atoms with van der Waals surface area (Å²) in [5.74, 6) is 0. The summed E-state index contributed by atoms with van der Waals surface area (Å²) in [7, 11) is -3.64. The average Bonchev–Trinajstić information content (AvgIpc) is 2.39. The highest BCUT2D eigenvalue weighted by molar-refractivity contribution is 7.92. The maximum atomic E-state index is 12.4. The molecule has 20 heavy (non-hydrogen) atoms. The minimum absolute atomic E-state index is 0.225. The van der Waals surface area contributed by atoms with Crippen LogP contribution in [0, 0.1) is 6.92 Å². The van der Waals surface area contributed by atoms with Gasteiger partial charge in [0.25, 0.3) is 10.0 Å². The zero-order valence-corrected chi connectivity index (χ0v) is 12.2. The van der Waals surface area contributed by atoms with Crippen molar-refractivity contribution in [1.82, 2.24) is 4.98 Å². The molecule has 0 saturated heterocycles. The van der Waals surface area contributed by atoms with E-state index in [4.69, 9.17) is 0 Å². The number of benzene rings is 1. The van der Waals surface area contributed by atoms with Crippen LogP contribution in [-0.2, 0) is 10.0 Å². The number of aromatic nitrogens is 1. The van der Waals surface area contributed by atoms with Crippen LogP contribution in [-0.4, -0.2) is 19.9 Å². The molecular weight excluding hydrogens is 274 g/mol. The van der Waals surface area contributed by atoms with Gasteiger partial charge in [-0.1, -0.05) is 12.1 Å². The number of hydrogen-bond donors (Lipinski definition) is 2. The van der Waals surface area contributed by atoms with Gasteiger partial charge in [0.1, 0.15) is 4.90 Å². The highest BCUT2D eigenvalue weighted by Crippen LogP contribution is 2.23. The molecule has 0 aliphatic heterocycles. The lowest BCUT2D eigenvalue weighted by Crippen LogP contribution is -2.15. The Hall–Kier alpha value is -2.08. The Bertz CT molecular complexity index is 699. The van der Waals surface area contributed by atoms with Gasteiger partial charge in [-0.05, 0) is 37.6 Å². The van der Waals surface area contributed by atoms with E-state index in [0.717, 1.165) is 5.56 Å². The van der Waals surface area contributed by atoms with Gasteiger partial charge in [-0.25, -0.2) is 8.42 Å². The van der Waals surface area contributed by atoms with E-state index in [1.54, 1.807) is 36.5 Å². The molecule has 5 nitrogen and oxygen atoms in total. The molecule has 0 saturated carbocycles. The number of nitrogens with zero attached hydrogens (tertiary/aromatic N) is 1. The molecule has 0 unspecified atom stereocenters. The molecule has 0 fully saturated rings. The summed E-state index contributed by atoms with van der Waals surface area (Å²) in [6.07, 6.45) is 3.16. The molecule has 0 amide bonds. The molecule has 0 aliphatic rings. The van der Waals surface area contributed by atoms with Gasteiger partial charge in [-0.15, -0.1) is 0 Å². The number of anilines is 2. The molecule has 0 aliphatic carbocycles. The summed E-state index contributed by atoms with van der Waals surface area (Å²) >= 11 is 0. The molecule has 106 valence electrons. The second-order valence-corrected chi connectivity index (χ2v) is 6.03. The smallest absolute Gasteiger partial charge is 0.264 e. The van der Waals surface area contributed by atoms with Gasteiger partial charge in [0, 0.05) is 12.7 Å². The van der Waals surface area contributed by atoms with Gasteiger partial charge in [0.2, 0.25) is 0 Å².